The number of anilines is 2. The zero-order valence-corrected chi connectivity index (χ0v) is 18.2. The van der Waals surface area contributed by atoms with Crippen LogP contribution in [0, 0.1) is 0 Å². The van der Waals surface area contributed by atoms with Gasteiger partial charge in [-0.25, -0.2) is 4.79 Å². The number of hydrogen-bond acceptors (Lipinski definition) is 7. The van der Waals surface area contributed by atoms with Crippen LogP contribution in [0.4, 0.5) is 11.4 Å². The summed E-state index contributed by atoms with van der Waals surface area (Å²) in [7, 11) is 1.48. The van der Waals surface area contributed by atoms with E-state index in [0.29, 0.717) is 22.7 Å². The van der Waals surface area contributed by atoms with E-state index in [1.165, 1.54) is 19.2 Å². The van der Waals surface area contributed by atoms with Crippen molar-refractivity contribution in [3.63, 3.8) is 0 Å². The second-order valence-electron chi connectivity index (χ2n) is 6.99. The summed E-state index contributed by atoms with van der Waals surface area (Å²) >= 11 is 0. The topological polar surface area (TPSA) is 120 Å². The normalized spacial score (nSPS) is 10.2. The maximum Gasteiger partial charge on any atom is 0.338 e. The first-order chi connectivity index (χ1) is 15.3. The Balaban J connectivity index is 1.72. The highest BCUT2D eigenvalue weighted by atomic mass is 16.5. The first-order valence-corrected chi connectivity index (χ1v) is 9.98. The van der Waals surface area contributed by atoms with Crippen molar-refractivity contribution in [3.8, 4) is 5.75 Å². The first kappa shape index (κ1) is 24.4. The Morgan fingerprint density at radius 3 is 2.22 bits per heavy atom. The molecular weight excluding hydrogens is 416 g/mol. The molecule has 0 aliphatic carbocycles. The van der Waals surface area contributed by atoms with Gasteiger partial charge in [0.25, 0.3) is 5.91 Å². The van der Waals surface area contributed by atoms with E-state index in [-0.39, 0.29) is 18.9 Å². The maximum atomic E-state index is 12.0. The van der Waals surface area contributed by atoms with Crippen LogP contribution in [0.5, 0.6) is 5.75 Å². The molecule has 0 fully saturated rings. The van der Waals surface area contributed by atoms with E-state index >= 15 is 0 Å². The molecule has 0 heterocycles. The lowest BCUT2D eigenvalue weighted by atomic mass is 10.2. The maximum absolute atomic E-state index is 12.0. The van der Waals surface area contributed by atoms with Crippen molar-refractivity contribution in [2.24, 2.45) is 0 Å². The van der Waals surface area contributed by atoms with Crippen LogP contribution in [-0.4, -0.2) is 43.6 Å². The fraction of sp³-hybridized carbons (Fsp3) is 0.304. The third-order valence-electron chi connectivity index (χ3n) is 4.05. The van der Waals surface area contributed by atoms with E-state index in [4.69, 9.17) is 14.2 Å². The number of ether oxygens (including phenoxy) is 3. The SMILES string of the molecule is COc1ccccc1NC(=O)COC(=O)CCC(=O)Nc1ccc(C(=O)OC(C)C)cc1. The van der Waals surface area contributed by atoms with Crippen molar-refractivity contribution in [2.75, 3.05) is 24.4 Å². The van der Waals surface area contributed by atoms with Crippen molar-refractivity contribution in [3.05, 3.63) is 54.1 Å². The van der Waals surface area contributed by atoms with Gasteiger partial charge in [0.1, 0.15) is 5.75 Å². The van der Waals surface area contributed by atoms with Gasteiger partial charge in [-0.3, -0.25) is 14.4 Å². The van der Waals surface area contributed by atoms with E-state index in [2.05, 4.69) is 10.6 Å². The van der Waals surface area contributed by atoms with E-state index in [0.717, 1.165) is 0 Å². The van der Waals surface area contributed by atoms with Gasteiger partial charge in [-0.15, -0.1) is 0 Å². The smallest absolute Gasteiger partial charge is 0.338 e. The van der Waals surface area contributed by atoms with E-state index in [9.17, 15) is 19.2 Å². The molecule has 0 bridgehead atoms. The van der Waals surface area contributed by atoms with Gasteiger partial charge in [-0.2, -0.15) is 0 Å². The summed E-state index contributed by atoms with van der Waals surface area (Å²) in [6.45, 7) is 3.03. The molecule has 2 aromatic rings. The molecule has 0 saturated heterocycles. The highest BCUT2D eigenvalue weighted by Crippen LogP contribution is 2.22. The molecule has 0 unspecified atom stereocenters. The van der Waals surface area contributed by atoms with Crippen LogP contribution in [-0.2, 0) is 23.9 Å². The quantitative estimate of drug-likeness (QED) is 0.542. The number of esters is 2. The summed E-state index contributed by atoms with van der Waals surface area (Å²) in [4.78, 5) is 47.6. The summed E-state index contributed by atoms with van der Waals surface area (Å²) in [6.07, 6.45) is -0.537. The highest BCUT2D eigenvalue weighted by Gasteiger charge is 2.13. The van der Waals surface area contributed by atoms with Crippen molar-refractivity contribution < 1.29 is 33.4 Å². The van der Waals surface area contributed by atoms with Crippen LogP contribution in [0.2, 0.25) is 0 Å². The minimum atomic E-state index is -0.679. The second kappa shape index (κ2) is 12.1. The van der Waals surface area contributed by atoms with Crippen molar-refractivity contribution in [2.45, 2.75) is 32.8 Å². The predicted octanol–water partition coefficient (Wildman–Crippen LogP) is 3.16. The number of carbonyl (C=O) groups is 4. The van der Waals surface area contributed by atoms with E-state index < -0.39 is 30.4 Å². The molecule has 32 heavy (non-hydrogen) atoms. The van der Waals surface area contributed by atoms with Crippen LogP contribution < -0.4 is 15.4 Å². The lowest BCUT2D eigenvalue weighted by molar-refractivity contribution is -0.147. The van der Waals surface area contributed by atoms with Gasteiger partial charge < -0.3 is 24.8 Å². The van der Waals surface area contributed by atoms with Crippen LogP contribution >= 0.6 is 0 Å². The van der Waals surface area contributed by atoms with Gasteiger partial charge in [0.2, 0.25) is 5.91 Å². The Morgan fingerprint density at radius 1 is 0.875 bits per heavy atom. The van der Waals surface area contributed by atoms with Crippen LogP contribution in [0.3, 0.4) is 0 Å². The highest BCUT2D eigenvalue weighted by molar-refractivity contribution is 5.95. The van der Waals surface area contributed by atoms with Gasteiger partial charge >= 0.3 is 11.9 Å². The lowest BCUT2D eigenvalue weighted by Crippen LogP contribution is -2.22. The molecule has 2 amide bonds. The first-order valence-electron chi connectivity index (χ1n) is 9.98. The number of rotatable bonds is 10. The summed E-state index contributed by atoms with van der Waals surface area (Å²) in [5.74, 6) is -1.58. The Morgan fingerprint density at radius 2 is 1.56 bits per heavy atom. The molecule has 0 atom stereocenters. The van der Waals surface area contributed by atoms with Gasteiger partial charge in [-0.1, -0.05) is 12.1 Å². The van der Waals surface area contributed by atoms with Gasteiger partial charge in [0, 0.05) is 12.1 Å². The Bertz CT molecular complexity index is 955. The van der Waals surface area contributed by atoms with Crippen molar-refractivity contribution in [1.29, 1.82) is 0 Å². The van der Waals surface area contributed by atoms with Crippen LogP contribution in [0.25, 0.3) is 0 Å². The fourth-order valence-corrected chi connectivity index (χ4v) is 2.56. The van der Waals surface area contributed by atoms with E-state index in [1.54, 1.807) is 50.2 Å². The minimum Gasteiger partial charge on any atom is -0.495 e. The molecule has 0 spiro atoms. The molecule has 0 radical (unpaired) electrons. The number of hydrogen-bond donors (Lipinski definition) is 2. The van der Waals surface area contributed by atoms with Gasteiger partial charge in [-0.05, 0) is 50.2 Å². The third kappa shape index (κ3) is 8.10. The average Bonchev–Trinajstić information content (AvgIpc) is 2.76. The predicted molar refractivity (Wildman–Crippen MR) is 117 cm³/mol. The molecule has 0 aliphatic rings. The molecule has 2 N–H and O–H groups in total. The zero-order chi connectivity index (χ0) is 23.5. The molecule has 170 valence electrons. The molecular formula is C23H26N2O7. The zero-order valence-electron chi connectivity index (χ0n) is 18.2. The standard InChI is InChI=1S/C23H26N2O7/c1-15(2)32-23(29)16-8-10-17(11-9-16)24-20(26)12-13-22(28)31-14-21(27)25-18-6-4-5-7-19(18)30-3/h4-11,15H,12-14H2,1-3H3,(H,24,26)(H,25,27). The minimum absolute atomic E-state index is 0.121. The lowest BCUT2D eigenvalue weighted by Gasteiger charge is -2.10. The van der Waals surface area contributed by atoms with Crippen molar-refractivity contribution >= 4 is 35.1 Å². The molecule has 9 heteroatoms. The molecule has 2 rings (SSSR count). The second-order valence-corrected chi connectivity index (χ2v) is 6.99. The molecule has 0 aromatic heterocycles. The molecule has 0 saturated carbocycles. The molecule has 0 aliphatic heterocycles. The number of para-hydroxylation sites is 2. The third-order valence-corrected chi connectivity index (χ3v) is 4.05. The summed E-state index contributed by atoms with van der Waals surface area (Å²) in [6, 6.07) is 13.0. The van der Waals surface area contributed by atoms with Gasteiger partial charge in [0.15, 0.2) is 6.61 Å². The summed E-state index contributed by atoms with van der Waals surface area (Å²) in [5.41, 5.74) is 1.30. The Kier molecular flexibility index (Phi) is 9.22. The largest absolute Gasteiger partial charge is 0.495 e. The number of benzene rings is 2. The van der Waals surface area contributed by atoms with Gasteiger partial charge in [0.05, 0.1) is 30.9 Å². The Labute approximate surface area is 186 Å². The van der Waals surface area contributed by atoms with Crippen LogP contribution in [0.15, 0.2) is 48.5 Å². The number of methoxy groups -OCH3 is 1. The average molecular weight is 442 g/mol. The summed E-state index contributed by atoms with van der Waals surface area (Å²) in [5, 5.41) is 5.21. The monoisotopic (exact) mass is 442 g/mol. The number of carbonyl (C=O) groups excluding carboxylic acids is 4. The van der Waals surface area contributed by atoms with E-state index in [1.807, 2.05) is 0 Å². The van der Waals surface area contributed by atoms with Crippen LogP contribution in [0.1, 0.15) is 37.0 Å². The molecule has 2 aromatic carbocycles. The number of nitrogens with one attached hydrogen (secondary N) is 2. The fourth-order valence-electron chi connectivity index (χ4n) is 2.56. The number of amides is 2. The summed E-state index contributed by atoms with van der Waals surface area (Å²) < 4.78 is 15.1. The van der Waals surface area contributed by atoms with Crippen molar-refractivity contribution in [1.82, 2.24) is 0 Å². The Hall–Kier alpha value is -3.88. The molecule has 9 nitrogen and oxygen atoms in total.